The summed E-state index contributed by atoms with van der Waals surface area (Å²) in [4.78, 5) is 7.02. The fraction of sp³-hybridized carbons (Fsp3) is 0.600. The molecular formula is C15H22N4O2. The van der Waals surface area contributed by atoms with Crippen molar-refractivity contribution in [2.45, 2.75) is 33.2 Å². The van der Waals surface area contributed by atoms with E-state index in [0.717, 1.165) is 55.5 Å². The van der Waals surface area contributed by atoms with Crippen LogP contribution in [0.1, 0.15) is 36.7 Å². The molecule has 1 unspecified atom stereocenters. The Morgan fingerprint density at radius 3 is 2.71 bits per heavy atom. The second-order valence-electron chi connectivity index (χ2n) is 5.49. The zero-order chi connectivity index (χ0) is 14.8. The Kier molecular flexibility index (Phi) is 4.07. The van der Waals surface area contributed by atoms with Crippen molar-refractivity contribution in [3.05, 3.63) is 23.4 Å². The summed E-state index contributed by atoms with van der Waals surface area (Å²) in [6, 6.07) is 2.16. The summed E-state index contributed by atoms with van der Waals surface area (Å²) in [6.45, 7) is 10.1. The fourth-order valence-corrected chi connectivity index (χ4v) is 2.92. The molecular weight excluding hydrogens is 268 g/mol. The van der Waals surface area contributed by atoms with E-state index in [4.69, 9.17) is 8.94 Å². The quantitative estimate of drug-likeness (QED) is 0.932. The van der Waals surface area contributed by atoms with Gasteiger partial charge in [-0.15, -0.1) is 0 Å². The van der Waals surface area contributed by atoms with Gasteiger partial charge in [0.05, 0.1) is 11.6 Å². The molecule has 0 radical (unpaired) electrons. The van der Waals surface area contributed by atoms with Gasteiger partial charge in [0.2, 0.25) is 0 Å². The highest BCUT2D eigenvalue weighted by Gasteiger charge is 2.26. The van der Waals surface area contributed by atoms with Crippen molar-refractivity contribution in [1.29, 1.82) is 0 Å². The third-order valence-corrected chi connectivity index (χ3v) is 3.99. The Morgan fingerprint density at radius 1 is 1.33 bits per heavy atom. The van der Waals surface area contributed by atoms with Gasteiger partial charge in [-0.3, -0.25) is 4.90 Å². The Hall–Kier alpha value is -1.66. The van der Waals surface area contributed by atoms with E-state index in [9.17, 15) is 0 Å². The molecule has 0 saturated carbocycles. The summed E-state index contributed by atoms with van der Waals surface area (Å²) < 4.78 is 11.0. The first-order valence-corrected chi connectivity index (χ1v) is 7.54. The summed E-state index contributed by atoms with van der Waals surface area (Å²) in [5.41, 5.74) is 0.890. The van der Waals surface area contributed by atoms with Crippen LogP contribution in [0.2, 0.25) is 0 Å². The number of aromatic nitrogens is 2. The van der Waals surface area contributed by atoms with Crippen molar-refractivity contribution in [3.63, 3.8) is 0 Å². The van der Waals surface area contributed by atoms with Gasteiger partial charge >= 0.3 is 0 Å². The summed E-state index contributed by atoms with van der Waals surface area (Å²) in [7, 11) is 0. The van der Waals surface area contributed by atoms with E-state index in [-0.39, 0.29) is 6.04 Å². The number of nitrogens with zero attached hydrogens (tertiary/aromatic N) is 3. The molecule has 1 fully saturated rings. The predicted molar refractivity (Wildman–Crippen MR) is 78.9 cm³/mol. The minimum atomic E-state index is 0.220. The van der Waals surface area contributed by atoms with Gasteiger partial charge in [0.15, 0.2) is 5.82 Å². The van der Waals surface area contributed by atoms with Crippen LogP contribution in [-0.2, 0) is 0 Å². The maximum Gasteiger partial charge on any atom is 0.261 e. The highest BCUT2D eigenvalue weighted by Crippen LogP contribution is 2.28. The van der Waals surface area contributed by atoms with Crippen LogP contribution >= 0.6 is 0 Å². The molecule has 1 aliphatic heterocycles. The normalized spacial score (nSPS) is 18.0. The Bertz CT molecular complexity index is 599. The lowest BCUT2D eigenvalue weighted by molar-refractivity contribution is 0.160. The second-order valence-corrected chi connectivity index (χ2v) is 5.49. The highest BCUT2D eigenvalue weighted by molar-refractivity contribution is 5.56. The van der Waals surface area contributed by atoms with Crippen molar-refractivity contribution in [2.75, 3.05) is 26.2 Å². The largest absolute Gasteiger partial charge is 0.466 e. The number of nitrogens with one attached hydrogen (secondary N) is 1. The van der Waals surface area contributed by atoms with Gasteiger partial charge in [-0.05, 0) is 26.3 Å². The summed E-state index contributed by atoms with van der Waals surface area (Å²) >= 11 is 0. The molecule has 0 aliphatic carbocycles. The SMILES string of the molecule is CCC(c1noc(-c2cc(C)oc2C)n1)N1CCNCC1. The van der Waals surface area contributed by atoms with Crippen LogP contribution < -0.4 is 5.32 Å². The lowest BCUT2D eigenvalue weighted by Crippen LogP contribution is -2.45. The average Bonchev–Trinajstić information content (AvgIpc) is 3.08. The third-order valence-electron chi connectivity index (χ3n) is 3.99. The number of hydrogen-bond acceptors (Lipinski definition) is 6. The maximum atomic E-state index is 5.53. The molecule has 0 spiro atoms. The van der Waals surface area contributed by atoms with Gasteiger partial charge in [-0.25, -0.2) is 0 Å². The third kappa shape index (κ3) is 2.87. The van der Waals surface area contributed by atoms with Crippen LogP contribution in [0.5, 0.6) is 0 Å². The molecule has 6 heteroatoms. The van der Waals surface area contributed by atoms with Gasteiger partial charge in [0.1, 0.15) is 11.5 Å². The molecule has 1 aliphatic rings. The van der Waals surface area contributed by atoms with Crippen molar-refractivity contribution in [2.24, 2.45) is 0 Å². The lowest BCUT2D eigenvalue weighted by Gasteiger charge is -2.32. The molecule has 6 nitrogen and oxygen atoms in total. The zero-order valence-electron chi connectivity index (χ0n) is 12.8. The summed E-state index contributed by atoms with van der Waals surface area (Å²) in [5.74, 6) is 3.00. The van der Waals surface area contributed by atoms with Crippen LogP contribution in [0.3, 0.4) is 0 Å². The van der Waals surface area contributed by atoms with Gasteiger partial charge in [0, 0.05) is 26.2 Å². The van der Waals surface area contributed by atoms with E-state index in [1.165, 1.54) is 0 Å². The van der Waals surface area contributed by atoms with Crippen molar-refractivity contribution in [1.82, 2.24) is 20.4 Å². The fourth-order valence-electron chi connectivity index (χ4n) is 2.92. The van der Waals surface area contributed by atoms with Gasteiger partial charge < -0.3 is 14.3 Å². The maximum absolute atomic E-state index is 5.53. The van der Waals surface area contributed by atoms with Crippen LogP contribution in [-0.4, -0.2) is 41.2 Å². The Labute approximate surface area is 124 Å². The van der Waals surface area contributed by atoms with Crippen molar-refractivity contribution >= 4 is 0 Å². The molecule has 3 heterocycles. The van der Waals surface area contributed by atoms with E-state index in [2.05, 4.69) is 27.3 Å². The first kappa shape index (κ1) is 14.3. The minimum absolute atomic E-state index is 0.220. The number of rotatable bonds is 4. The molecule has 0 bridgehead atoms. The average molecular weight is 290 g/mol. The van der Waals surface area contributed by atoms with Crippen LogP contribution in [0.4, 0.5) is 0 Å². The molecule has 21 heavy (non-hydrogen) atoms. The van der Waals surface area contributed by atoms with Crippen LogP contribution in [0.15, 0.2) is 15.0 Å². The van der Waals surface area contributed by atoms with E-state index in [1.807, 2.05) is 19.9 Å². The van der Waals surface area contributed by atoms with E-state index in [1.54, 1.807) is 0 Å². The van der Waals surface area contributed by atoms with Gasteiger partial charge in [-0.2, -0.15) is 4.98 Å². The van der Waals surface area contributed by atoms with E-state index >= 15 is 0 Å². The zero-order valence-corrected chi connectivity index (χ0v) is 12.8. The number of aryl methyl sites for hydroxylation is 2. The molecule has 1 N–H and O–H groups in total. The minimum Gasteiger partial charge on any atom is -0.466 e. The Morgan fingerprint density at radius 2 is 2.10 bits per heavy atom. The molecule has 1 saturated heterocycles. The molecule has 1 atom stereocenters. The van der Waals surface area contributed by atoms with Crippen molar-refractivity contribution < 1.29 is 8.94 Å². The standard InChI is InChI=1S/C15H22N4O2/c1-4-13(19-7-5-16-6-8-19)14-17-15(21-18-14)12-9-10(2)20-11(12)3/h9,13,16H,4-8H2,1-3H3. The molecule has 2 aromatic heterocycles. The molecule has 2 aromatic rings. The van der Waals surface area contributed by atoms with Gasteiger partial charge in [-0.1, -0.05) is 12.1 Å². The van der Waals surface area contributed by atoms with Crippen LogP contribution in [0.25, 0.3) is 11.5 Å². The molecule has 114 valence electrons. The monoisotopic (exact) mass is 290 g/mol. The first-order chi connectivity index (χ1) is 10.2. The highest BCUT2D eigenvalue weighted by atomic mass is 16.5. The summed E-state index contributed by atoms with van der Waals surface area (Å²) in [5, 5.41) is 7.57. The molecule has 0 amide bonds. The van der Waals surface area contributed by atoms with Gasteiger partial charge in [0.25, 0.3) is 5.89 Å². The molecule has 3 rings (SSSR count). The first-order valence-electron chi connectivity index (χ1n) is 7.54. The van der Waals surface area contributed by atoms with E-state index < -0.39 is 0 Å². The predicted octanol–water partition coefficient (Wildman–Crippen LogP) is 2.30. The molecule has 0 aromatic carbocycles. The smallest absolute Gasteiger partial charge is 0.261 e. The number of hydrogen-bond donors (Lipinski definition) is 1. The number of furan rings is 1. The van der Waals surface area contributed by atoms with Crippen molar-refractivity contribution in [3.8, 4) is 11.5 Å². The topological polar surface area (TPSA) is 67.3 Å². The summed E-state index contributed by atoms with van der Waals surface area (Å²) in [6.07, 6.45) is 0.975. The second kappa shape index (κ2) is 5.99. The number of piperazine rings is 1. The van der Waals surface area contributed by atoms with Crippen LogP contribution in [0, 0.1) is 13.8 Å². The van der Waals surface area contributed by atoms with E-state index in [0.29, 0.717) is 5.89 Å². The lowest BCUT2D eigenvalue weighted by atomic mass is 10.1. The Balaban J connectivity index is 1.84.